The van der Waals surface area contributed by atoms with Gasteiger partial charge in [-0.15, -0.1) is 0 Å². The van der Waals surface area contributed by atoms with Gasteiger partial charge in [0.1, 0.15) is 0 Å². The standard InChI is InChI=1S/C13H24N2O2/c1-2-12(16)8-9-14-13(17)15-10-11-6-4-3-5-7-11/h3-4,11-12,16H,2,5-10H2,1H3,(H2,14,15,17)/t11-,12+/m1/s1. The maximum Gasteiger partial charge on any atom is 0.314 e. The van der Waals surface area contributed by atoms with Crippen LogP contribution in [-0.2, 0) is 0 Å². The van der Waals surface area contributed by atoms with E-state index in [1.807, 2.05) is 6.92 Å². The minimum atomic E-state index is -0.307. The van der Waals surface area contributed by atoms with Crippen LogP contribution in [0.2, 0.25) is 0 Å². The third-order valence-electron chi connectivity index (χ3n) is 3.16. The summed E-state index contributed by atoms with van der Waals surface area (Å²) in [5.41, 5.74) is 0. The smallest absolute Gasteiger partial charge is 0.314 e. The average molecular weight is 240 g/mol. The molecule has 17 heavy (non-hydrogen) atoms. The lowest BCUT2D eigenvalue weighted by atomic mass is 9.94. The molecule has 4 heteroatoms. The van der Waals surface area contributed by atoms with Crippen LogP contribution in [0.4, 0.5) is 4.79 Å². The number of rotatable bonds is 6. The van der Waals surface area contributed by atoms with Gasteiger partial charge in [-0.05, 0) is 38.0 Å². The molecule has 0 radical (unpaired) electrons. The quantitative estimate of drug-likeness (QED) is 0.620. The van der Waals surface area contributed by atoms with E-state index < -0.39 is 0 Å². The topological polar surface area (TPSA) is 61.4 Å². The molecule has 1 rings (SSSR count). The van der Waals surface area contributed by atoms with Crippen LogP contribution >= 0.6 is 0 Å². The minimum absolute atomic E-state index is 0.122. The van der Waals surface area contributed by atoms with Gasteiger partial charge in [0.15, 0.2) is 0 Å². The lowest BCUT2D eigenvalue weighted by Gasteiger charge is -2.18. The maximum absolute atomic E-state index is 11.4. The van der Waals surface area contributed by atoms with Gasteiger partial charge < -0.3 is 15.7 Å². The highest BCUT2D eigenvalue weighted by atomic mass is 16.3. The summed E-state index contributed by atoms with van der Waals surface area (Å²) in [5.74, 6) is 0.576. The Labute approximate surface area is 103 Å². The van der Waals surface area contributed by atoms with Gasteiger partial charge in [-0.25, -0.2) is 4.79 Å². The second-order valence-corrected chi connectivity index (χ2v) is 4.64. The van der Waals surface area contributed by atoms with Crippen molar-refractivity contribution in [2.45, 2.75) is 45.1 Å². The molecule has 0 aromatic carbocycles. The van der Waals surface area contributed by atoms with Crippen molar-refractivity contribution >= 4 is 6.03 Å². The first kappa shape index (κ1) is 14.0. The molecule has 0 bridgehead atoms. The van der Waals surface area contributed by atoms with E-state index in [1.165, 1.54) is 0 Å². The van der Waals surface area contributed by atoms with Crippen LogP contribution in [0.25, 0.3) is 0 Å². The number of aliphatic hydroxyl groups excluding tert-OH is 1. The van der Waals surface area contributed by atoms with Crippen LogP contribution in [0.3, 0.4) is 0 Å². The molecule has 0 fully saturated rings. The lowest BCUT2D eigenvalue weighted by Crippen LogP contribution is -2.39. The van der Waals surface area contributed by atoms with E-state index in [0.717, 1.165) is 32.2 Å². The summed E-state index contributed by atoms with van der Waals surface area (Å²) in [4.78, 5) is 11.4. The normalized spacial score (nSPS) is 20.9. The van der Waals surface area contributed by atoms with Crippen LogP contribution in [-0.4, -0.2) is 30.3 Å². The van der Waals surface area contributed by atoms with E-state index in [2.05, 4.69) is 22.8 Å². The summed E-state index contributed by atoms with van der Waals surface area (Å²) in [6, 6.07) is -0.122. The predicted molar refractivity (Wildman–Crippen MR) is 68.8 cm³/mol. The molecule has 0 aromatic heterocycles. The molecule has 4 nitrogen and oxygen atoms in total. The number of carbonyl (C=O) groups is 1. The lowest BCUT2D eigenvalue weighted by molar-refractivity contribution is 0.160. The molecule has 1 aliphatic carbocycles. The van der Waals surface area contributed by atoms with Crippen LogP contribution in [0.1, 0.15) is 39.0 Å². The van der Waals surface area contributed by atoms with E-state index >= 15 is 0 Å². The van der Waals surface area contributed by atoms with Crippen molar-refractivity contribution in [1.82, 2.24) is 10.6 Å². The second-order valence-electron chi connectivity index (χ2n) is 4.64. The number of carbonyl (C=O) groups excluding carboxylic acids is 1. The number of hydrogen-bond donors (Lipinski definition) is 3. The Hall–Kier alpha value is -1.03. The molecule has 0 aliphatic heterocycles. The van der Waals surface area contributed by atoms with E-state index in [-0.39, 0.29) is 12.1 Å². The number of amides is 2. The highest BCUT2D eigenvalue weighted by Gasteiger charge is 2.11. The summed E-state index contributed by atoms with van der Waals surface area (Å²) >= 11 is 0. The van der Waals surface area contributed by atoms with Gasteiger partial charge >= 0.3 is 6.03 Å². The predicted octanol–water partition coefficient (Wildman–Crippen LogP) is 1.80. The molecule has 3 N–H and O–H groups in total. The van der Waals surface area contributed by atoms with Gasteiger partial charge in [0, 0.05) is 13.1 Å². The monoisotopic (exact) mass is 240 g/mol. The Morgan fingerprint density at radius 1 is 1.47 bits per heavy atom. The molecule has 0 unspecified atom stereocenters. The molecule has 0 saturated heterocycles. The number of hydrogen-bond acceptors (Lipinski definition) is 2. The largest absolute Gasteiger partial charge is 0.393 e. The van der Waals surface area contributed by atoms with Crippen LogP contribution < -0.4 is 10.6 Å². The molecule has 2 amide bonds. The Kier molecular flexibility index (Phi) is 6.70. The van der Waals surface area contributed by atoms with Crippen molar-refractivity contribution < 1.29 is 9.90 Å². The van der Waals surface area contributed by atoms with Gasteiger partial charge in [-0.1, -0.05) is 19.1 Å². The summed E-state index contributed by atoms with van der Waals surface area (Å²) in [5, 5.41) is 15.0. The van der Waals surface area contributed by atoms with Crippen LogP contribution in [0, 0.1) is 5.92 Å². The van der Waals surface area contributed by atoms with Crippen LogP contribution in [0.15, 0.2) is 12.2 Å². The second kappa shape index (κ2) is 8.12. The summed E-state index contributed by atoms with van der Waals surface area (Å²) in [7, 11) is 0. The zero-order valence-corrected chi connectivity index (χ0v) is 10.6. The number of allylic oxidation sites excluding steroid dienone is 2. The molecule has 0 heterocycles. The third kappa shape index (κ3) is 6.31. The van der Waals surface area contributed by atoms with E-state index in [0.29, 0.717) is 18.9 Å². The first-order valence-electron chi connectivity index (χ1n) is 6.57. The molecule has 1 aliphatic rings. The van der Waals surface area contributed by atoms with Crippen molar-refractivity contribution in [3.8, 4) is 0 Å². The average Bonchev–Trinajstić information content (AvgIpc) is 2.37. The SMILES string of the molecule is CC[C@H](O)CCNC(=O)NC[C@@H]1CC=CCC1. The number of urea groups is 1. The fourth-order valence-corrected chi connectivity index (χ4v) is 1.90. The van der Waals surface area contributed by atoms with Crippen molar-refractivity contribution in [1.29, 1.82) is 0 Å². The molecule has 0 saturated carbocycles. The Morgan fingerprint density at radius 3 is 2.94 bits per heavy atom. The van der Waals surface area contributed by atoms with Gasteiger partial charge in [0.2, 0.25) is 0 Å². The van der Waals surface area contributed by atoms with E-state index in [1.54, 1.807) is 0 Å². The van der Waals surface area contributed by atoms with Crippen LogP contribution in [0.5, 0.6) is 0 Å². The maximum atomic E-state index is 11.4. The fraction of sp³-hybridized carbons (Fsp3) is 0.769. The zero-order chi connectivity index (χ0) is 12.5. The first-order chi connectivity index (χ1) is 8.22. The third-order valence-corrected chi connectivity index (χ3v) is 3.16. The molecule has 0 spiro atoms. The van der Waals surface area contributed by atoms with Gasteiger partial charge in [-0.2, -0.15) is 0 Å². The highest BCUT2D eigenvalue weighted by Crippen LogP contribution is 2.16. The first-order valence-corrected chi connectivity index (χ1v) is 6.57. The van der Waals surface area contributed by atoms with E-state index in [9.17, 15) is 9.90 Å². The molecular weight excluding hydrogens is 216 g/mol. The highest BCUT2D eigenvalue weighted by molar-refractivity contribution is 5.73. The Balaban J connectivity index is 2.02. The summed E-state index contributed by atoms with van der Waals surface area (Å²) in [6.45, 7) is 3.21. The van der Waals surface area contributed by atoms with Gasteiger partial charge in [0.05, 0.1) is 6.10 Å². The molecular formula is C13H24N2O2. The minimum Gasteiger partial charge on any atom is -0.393 e. The summed E-state index contributed by atoms with van der Waals surface area (Å²) < 4.78 is 0. The fourth-order valence-electron chi connectivity index (χ4n) is 1.90. The van der Waals surface area contributed by atoms with Crippen molar-refractivity contribution in [2.24, 2.45) is 5.92 Å². The van der Waals surface area contributed by atoms with Crippen molar-refractivity contribution in [2.75, 3.05) is 13.1 Å². The molecule has 0 aromatic rings. The Morgan fingerprint density at radius 2 is 2.29 bits per heavy atom. The number of nitrogens with one attached hydrogen (secondary N) is 2. The van der Waals surface area contributed by atoms with Gasteiger partial charge in [-0.3, -0.25) is 0 Å². The Bertz CT molecular complexity index is 254. The van der Waals surface area contributed by atoms with Crippen molar-refractivity contribution in [3.63, 3.8) is 0 Å². The molecule has 2 atom stereocenters. The van der Waals surface area contributed by atoms with Gasteiger partial charge in [0.25, 0.3) is 0 Å². The van der Waals surface area contributed by atoms with Crippen molar-refractivity contribution in [3.05, 3.63) is 12.2 Å². The van der Waals surface area contributed by atoms with E-state index in [4.69, 9.17) is 0 Å². The summed E-state index contributed by atoms with van der Waals surface area (Å²) in [6.07, 6.45) is 8.78. The number of aliphatic hydroxyl groups is 1. The molecule has 98 valence electrons. The zero-order valence-electron chi connectivity index (χ0n) is 10.6.